The van der Waals surface area contributed by atoms with Gasteiger partial charge in [-0.25, -0.2) is 5.90 Å². The lowest BCUT2D eigenvalue weighted by Gasteiger charge is -2.23. The third-order valence-corrected chi connectivity index (χ3v) is 2.37. The molecule has 0 aromatic heterocycles. The fraction of sp³-hybridized carbons (Fsp3) is 0.400. The van der Waals surface area contributed by atoms with E-state index in [4.69, 9.17) is 5.90 Å². The van der Waals surface area contributed by atoms with Gasteiger partial charge in [-0.15, -0.1) is 0 Å². The molecule has 5 nitrogen and oxygen atoms in total. The Kier molecular flexibility index (Phi) is 3.56. The van der Waals surface area contributed by atoms with Gasteiger partial charge >= 0.3 is 5.69 Å². The standard InChI is InChI=1S/C10H13FN2O3/c1-10(2,6-16-12)7-3-4-9(13(14)15)8(11)5-7/h3-5H,6,12H2,1-2H3. The number of hydrogen-bond acceptors (Lipinski definition) is 4. The first-order valence-corrected chi connectivity index (χ1v) is 4.64. The Morgan fingerprint density at radius 1 is 1.56 bits per heavy atom. The normalized spacial score (nSPS) is 11.5. The predicted octanol–water partition coefficient (Wildman–Crippen LogP) is 1.90. The van der Waals surface area contributed by atoms with E-state index < -0.39 is 21.8 Å². The van der Waals surface area contributed by atoms with Crippen LogP contribution in [0.1, 0.15) is 19.4 Å². The van der Waals surface area contributed by atoms with Crippen molar-refractivity contribution in [3.8, 4) is 0 Å². The third-order valence-electron chi connectivity index (χ3n) is 2.37. The van der Waals surface area contributed by atoms with Crippen molar-refractivity contribution in [1.29, 1.82) is 0 Å². The Morgan fingerprint density at radius 2 is 2.19 bits per heavy atom. The Morgan fingerprint density at radius 3 is 2.62 bits per heavy atom. The molecule has 0 fully saturated rings. The van der Waals surface area contributed by atoms with E-state index in [-0.39, 0.29) is 6.61 Å². The Labute approximate surface area is 92.1 Å². The van der Waals surface area contributed by atoms with Crippen LogP contribution in [0.2, 0.25) is 0 Å². The van der Waals surface area contributed by atoms with Gasteiger partial charge in [0.15, 0.2) is 0 Å². The zero-order valence-electron chi connectivity index (χ0n) is 9.07. The molecule has 0 aliphatic rings. The van der Waals surface area contributed by atoms with Gasteiger partial charge in [0.1, 0.15) is 0 Å². The fourth-order valence-electron chi connectivity index (χ4n) is 1.37. The highest BCUT2D eigenvalue weighted by atomic mass is 19.1. The molecule has 88 valence electrons. The molecule has 0 aliphatic carbocycles. The molecule has 0 bridgehead atoms. The summed E-state index contributed by atoms with van der Waals surface area (Å²) in [4.78, 5) is 14.2. The van der Waals surface area contributed by atoms with E-state index in [2.05, 4.69) is 4.84 Å². The van der Waals surface area contributed by atoms with Crippen molar-refractivity contribution < 1.29 is 14.2 Å². The average Bonchev–Trinajstić information content (AvgIpc) is 2.16. The minimum Gasteiger partial charge on any atom is -0.304 e. The number of benzene rings is 1. The predicted molar refractivity (Wildman–Crippen MR) is 56.2 cm³/mol. The van der Waals surface area contributed by atoms with E-state index in [1.165, 1.54) is 6.07 Å². The van der Waals surface area contributed by atoms with Gasteiger partial charge in [0.2, 0.25) is 5.82 Å². The van der Waals surface area contributed by atoms with Crippen molar-refractivity contribution in [2.75, 3.05) is 6.61 Å². The lowest BCUT2D eigenvalue weighted by Crippen LogP contribution is -2.26. The van der Waals surface area contributed by atoms with E-state index in [1.807, 2.05) is 0 Å². The highest BCUT2D eigenvalue weighted by Crippen LogP contribution is 2.27. The van der Waals surface area contributed by atoms with Crippen LogP contribution >= 0.6 is 0 Å². The van der Waals surface area contributed by atoms with Crippen LogP contribution in [0.5, 0.6) is 0 Å². The van der Waals surface area contributed by atoms with E-state index in [1.54, 1.807) is 13.8 Å². The smallest absolute Gasteiger partial charge is 0.304 e. The quantitative estimate of drug-likeness (QED) is 0.630. The molecule has 0 saturated heterocycles. The lowest BCUT2D eigenvalue weighted by molar-refractivity contribution is -0.387. The van der Waals surface area contributed by atoms with E-state index >= 15 is 0 Å². The first-order valence-electron chi connectivity index (χ1n) is 4.64. The number of rotatable bonds is 4. The molecule has 0 radical (unpaired) electrons. The summed E-state index contributed by atoms with van der Waals surface area (Å²) in [5.74, 6) is 4.11. The molecular weight excluding hydrogens is 215 g/mol. The molecule has 1 aromatic rings. The summed E-state index contributed by atoms with van der Waals surface area (Å²) in [7, 11) is 0. The monoisotopic (exact) mass is 228 g/mol. The number of nitro groups is 1. The molecule has 1 rings (SSSR count). The number of nitrogens with zero attached hydrogens (tertiary/aromatic N) is 1. The number of hydrogen-bond donors (Lipinski definition) is 1. The number of nitro benzene ring substituents is 1. The van der Waals surface area contributed by atoms with Gasteiger partial charge in [0.05, 0.1) is 11.5 Å². The van der Waals surface area contributed by atoms with Gasteiger partial charge in [-0.1, -0.05) is 19.9 Å². The molecule has 2 N–H and O–H groups in total. The van der Waals surface area contributed by atoms with Crippen LogP contribution in [0.4, 0.5) is 10.1 Å². The maximum atomic E-state index is 13.4. The van der Waals surface area contributed by atoms with Gasteiger partial charge in [-0.05, 0) is 11.6 Å². The third kappa shape index (κ3) is 2.53. The largest absolute Gasteiger partial charge is 0.304 e. The summed E-state index contributed by atoms with van der Waals surface area (Å²) in [5.41, 5.74) is -0.431. The van der Waals surface area contributed by atoms with Crippen molar-refractivity contribution >= 4 is 5.69 Å². The maximum absolute atomic E-state index is 13.4. The summed E-state index contributed by atoms with van der Waals surface area (Å²) >= 11 is 0. The van der Waals surface area contributed by atoms with Crippen LogP contribution in [-0.4, -0.2) is 11.5 Å². The summed E-state index contributed by atoms with van der Waals surface area (Å²) in [6, 6.07) is 3.78. The summed E-state index contributed by atoms with van der Waals surface area (Å²) < 4.78 is 13.4. The minimum absolute atomic E-state index is 0.199. The zero-order valence-corrected chi connectivity index (χ0v) is 9.07. The van der Waals surface area contributed by atoms with Crippen LogP contribution in [0.3, 0.4) is 0 Å². The number of nitrogens with two attached hydrogens (primary N) is 1. The van der Waals surface area contributed by atoms with Crippen molar-refractivity contribution in [2.24, 2.45) is 5.90 Å². The average molecular weight is 228 g/mol. The summed E-state index contributed by atoms with van der Waals surface area (Å²) in [5, 5.41) is 10.4. The van der Waals surface area contributed by atoms with Crippen molar-refractivity contribution in [2.45, 2.75) is 19.3 Å². The molecule has 16 heavy (non-hydrogen) atoms. The molecule has 0 amide bonds. The second-order valence-corrected chi connectivity index (χ2v) is 4.12. The zero-order chi connectivity index (χ0) is 12.3. The maximum Gasteiger partial charge on any atom is 0.304 e. The Balaban J connectivity index is 3.10. The Bertz CT molecular complexity index is 407. The van der Waals surface area contributed by atoms with Crippen molar-refractivity contribution in [3.63, 3.8) is 0 Å². The SMILES string of the molecule is CC(C)(CON)c1ccc([N+](=O)[O-])c(F)c1. The second kappa shape index (κ2) is 4.54. The summed E-state index contributed by atoms with van der Waals surface area (Å²) in [6.07, 6.45) is 0. The van der Waals surface area contributed by atoms with Crippen LogP contribution < -0.4 is 5.90 Å². The van der Waals surface area contributed by atoms with Crippen LogP contribution in [0.25, 0.3) is 0 Å². The highest BCUT2D eigenvalue weighted by molar-refractivity contribution is 5.37. The first-order chi connectivity index (χ1) is 7.38. The van der Waals surface area contributed by atoms with Gasteiger partial charge in [-0.2, -0.15) is 4.39 Å². The minimum atomic E-state index is -0.854. The van der Waals surface area contributed by atoms with Crippen molar-refractivity contribution in [1.82, 2.24) is 0 Å². The Hall–Kier alpha value is -1.53. The molecule has 0 spiro atoms. The molecular formula is C10H13FN2O3. The van der Waals surface area contributed by atoms with Crippen LogP contribution in [0.15, 0.2) is 18.2 Å². The molecule has 0 saturated carbocycles. The number of halogens is 1. The molecule has 0 unspecified atom stereocenters. The first kappa shape index (κ1) is 12.5. The molecule has 6 heteroatoms. The van der Waals surface area contributed by atoms with Crippen LogP contribution in [-0.2, 0) is 10.3 Å². The van der Waals surface area contributed by atoms with Gasteiger partial charge in [0.25, 0.3) is 0 Å². The van der Waals surface area contributed by atoms with Gasteiger partial charge in [-0.3, -0.25) is 10.1 Å². The van der Waals surface area contributed by atoms with Crippen molar-refractivity contribution in [3.05, 3.63) is 39.7 Å². The van der Waals surface area contributed by atoms with Crippen LogP contribution in [0, 0.1) is 15.9 Å². The van der Waals surface area contributed by atoms with Gasteiger partial charge < -0.3 is 4.84 Å². The molecule has 0 atom stereocenters. The molecule has 0 heterocycles. The fourth-order valence-corrected chi connectivity index (χ4v) is 1.37. The van der Waals surface area contributed by atoms with E-state index in [9.17, 15) is 14.5 Å². The van der Waals surface area contributed by atoms with Gasteiger partial charge in [0, 0.05) is 11.5 Å². The summed E-state index contributed by atoms with van der Waals surface area (Å²) in [6.45, 7) is 3.81. The molecule has 0 aliphatic heterocycles. The topological polar surface area (TPSA) is 78.4 Å². The molecule has 1 aromatic carbocycles. The highest BCUT2D eigenvalue weighted by Gasteiger charge is 2.24. The second-order valence-electron chi connectivity index (χ2n) is 4.12. The van der Waals surface area contributed by atoms with E-state index in [0.717, 1.165) is 12.1 Å². The van der Waals surface area contributed by atoms with E-state index in [0.29, 0.717) is 5.56 Å². The lowest BCUT2D eigenvalue weighted by atomic mass is 9.85.